The minimum Gasteiger partial charge on any atom is -0.225 e. The molecule has 0 saturated heterocycles. The quantitative estimate of drug-likeness (QED) is 0.909. The Morgan fingerprint density at radius 2 is 1.61 bits per heavy atom. The highest BCUT2D eigenvalue weighted by molar-refractivity contribution is 7.89. The smallest absolute Gasteiger partial charge is 0.225 e. The lowest BCUT2D eigenvalue weighted by Crippen LogP contribution is -2.13. The van der Waals surface area contributed by atoms with Crippen LogP contribution in [0.15, 0.2) is 47.4 Å². The van der Waals surface area contributed by atoms with E-state index >= 15 is 0 Å². The SMILES string of the molecule is NS(=O)(=O)c1ccc(F)cc1-c1ccccc1F. The molecule has 0 aliphatic rings. The van der Waals surface area contributed by atoms with Crippen LogP contribution in [0.4, 0.5) is 8.78 Å². The molecule has 3 nitrogen and oxygen atoms in total. The van der Waals surface area contributed by atoms with E-state index in [-0.39, 0.29) is 16.0 Å². The van der Waals surface area contributed by atoms with Crippen LogP contribution in [-0.2, 0) is 10.0 Å². The fourth-order valence-electron chi connectivity index (χ4n) is 1.64. The minimum absolute atomic E-state index is 0.0129. The van der Waals surface area contributed by atoms with Crippen LogP contribution in [0.2, 0.25) is 0 Å². The Labute approximate surface area is 103 Å². The third-order valence-corrected chi connectivity index (χ3v) is 3.38. The van der Waals surface area contributed by atoms with Crippen LogP contribution < -0.4 is 5.14 Å². The van der Waals surface area contributed by atoms with Gasteiger partial charge in [0.25, 0.3) is 0 Å². The third kappa shape index (κ3) is 2.39. The van der Waals surface area contributed by atoms with Crippen molar-refractivity contribution >= 4 is 10.0 Å². The lowest BCUT2D eigenvalue weighted by molar-refractivity contribution is 0.596. The molecule has 6 heteroatoms. The fraction of sp³-hybridized carbons (Fsp3) is 0. The summed E-state index contributed by atoms with van der Waals surface area (Å²) in [6.45, 7) is 0. The summed E-state index contributed by atoms with van der Waals surface area (Å²) in [4.78, 5) is -0.311. The molecule has 18 heavy (non-hydrogen) atoms. The van der Waals surface area contributed by atoms with Gasteiger partial charge in [-0.15, -0.1) is 0 Å². The number of primary sulfonamides is 1. The van der Waals surface area contributed by atoms with Crippen LogP contribution in [0.1, 0.15) is 0 Å². The van der Waals surface area contributed by atoms with Gasteiger partial charge in [0, 0.05) is 11.1 Å². The Balaban J connectivity index is 2.79. The first-order valence-corrected chi connectivity index (χ1v) is 6.51. The predicted molar refractivity (Wildman–Crippen MR) is 63.2 cm³/mol. The summed E-state index contributed by atoms with van der Waals surface area (Å²) in [6.07, 6.45) is 0. The highest BCUT2D eigenvalue weighted by Gasteiger charge is 2.18. The average molecular weight is 269 g/mol. The lowest BCUT2D eigenvalue weighted by Gasteiger charge is -2.08. The van der Waals surface area contributed by atoms with Gasteiger partial charge in [0.05, 0.1) is 4.90 Å². The summed E-state index contributed by atoms with van der Waals surface area (Å²) in [5, 5.41) is 5.02. The Hall–Kier alpha value is -1.79. The van der Waals surface area contributed by atoms with Gasteiger partial charge < -0.3 is 0 Å². The summed E-state index contributed by atoms with van der Waals surface area (Å²) in [5.74, 6) is -1.31. The van der Waals surface area contributed by atoms with Gasteiger partial charge in [-0.2, -0.15) is 0 Å². The van der Waals surface area contributed by atoms with Gasteiger partial charge in [-0.25, -0.2) is 22.3 Å². The number of hydrogen-bond acceptors (Lipinski definition) is 2. The number of hydrogen-bond donors (Lipinski definition) is 1. The Kier molecular flexibility index (Phi) is 3.14. The Morgan fingerprint density at radius 1 is 0.944 bits per heavy atom. The molecule has 2 N–H and O–H groups in total. The fourth-order valence-corrected chi connectivity index (χ4v) is 2.37. The molecule has 2 aromatic carbocycles. The molecule has 0 fully saturated rings. The predicted octanol–water partition coefficient (Wildman–Crippen LogP) is 2.28. The van der Waals surface area contributed by atoms with Crippen LogP contribution in [0.3, 0.4) is 0 Å². The van der Waals surface area contributed by atoms with E-state index in [9.17, 15) is 17.2 Å². The largest absolute Gasteiger partial charge is 0.238 e. The van der Waals surface area contributed by atoms with Crippen LogP contribution in [-0.4, -0.2) is 8.42 Å². The summed E-state index contributed by atoms with van der Waals surface area (Å²) < 4.78 is 49.6. The van der Waals surface area contributed by atoms with Gasteiger partial charge in [0.15, 0.2) is 0 Å². The second kappa shape index (κ2) is 4.47. The van der Waals surface area contributed by atoms with Crippen LogP contribution in [0.5, 0.6) is 0 Å². The van der Waals surface area contributed by atoms with Gasteiger partial charge in [-0.3, -0.25) is 0 Å². The maximum Gasteiger partial charge on any atom is 0.238 e. The number of halogens is 2. The molecule has 0 radical (unpaired) electrons. The van der Waals surface area contributed by atoms with Crippen molar-refractivity contribution in [1.29, 1.82) is 0 Å². The zero-order valence-corrected chi connectivity index (χ0v) is 9.92. The molecule has 0 aromatic heterocycles. The number of rotatable bonds is 2. The van der Waals surface area contributed by atoms with Crippen molar-refractivity contribution in [3.05, 3.63) is 54.1 Å². The molecule has 0 aliphatic heterocycles. The second-order valence-corrected chi connectivity index (χ2v) is 5.20. The highest BCUT2D eigenvalue weighted by atomic mass is 32.2. The van der Waals surface area contributed by atoms with E-state index in [0.717, 1.165) is 24.3 Å². The van der Waals surface area contributed by atoms with E-state index in [4.69, 9.17) is 5.14 Å². The Morgan fingerprint density at radius 3 is 2.22 bits per heavy atom. The highest BCUT2D eigenvalue weighted by Crippen LogP contribution is 2.29. The van der Waals surface area contributed by atoms with E-state index in [1.165, 1.54) is 18.2 Å². The zero-order chi connectivity index (χ0) is 13.3. The van der Waals surface area contributed by atoms with Crippen LogP contribution in [0.25, 0.3) is 11.1 Å². The zero-order valence-electron chi connectivity index (χ0n) is 9.10. The van der Waals surface area contributed by atoms with E-state index in [1.54, 1.807) is 0 Å². The van der Waals surface area contributed by atoms with Crippen molar-refractivity contribution in [2.24, 2.45) is 5.14 Å². The van der Waals surface area contributed by atoms with E-state index in [2.05, 4.69) is 0 Å². The van der Waals surface area contributed by atoms with Gasteiger partial charge in [-0.05, 0) is 24.3 Å². The van der Waals surface area contributed by atoms with Crippen LogP contribution in [0, 0.1) is 11.6 Å². The van der Waals surface area contributed by atoms with Gasteiger partial charge in [0.1, 0.15) is 11.6 Å². The molecular weight excluding hydrogens is 260 g/mol. The monoisotopic (exact) mass is 269 g/mol. The van der Waals surface area contributed by atoms with Gasteiger partial charge in [0.2, 0.25) is 10.0 Å². The average Bonchev–Trinajstić information content (AvgIpc) is 2.27. The Bertz CT molecular complexity index is 699. The first-order chi connectivity index (χ1) is 8.39. The van der Waals surface area contributed by atoms with Gasteiger partial charge in [-0.1, -0.05) is 18.2 Å². The normalized spacial score (nSPS) is 11.5. The molecule has 0 bridgehead atoms. The molecule has 2 aromatic rings. The standard InChI is InChI=1S/C12H9F2NO2S/c13-8-5-6-12(18(15,16)17)10(7-8)9-3-1-2-4-11(9)14/h1-7H,(H2,15,16,17). The number of sulfonamides is 1. The third-order valence-electron chi connectivity index (χ3n) is 2.41. The van der Waals surface area contributed by atoms with Gasteiger partial charge >= 0.3 is 0 Å². The minimum atomic E-state index is -4.05. The van der Waals surface area contributed by atoms with Crippen molar-refractivity contribution < 1.29 is 17.2 Å². The molecule has 0 amide bonds. The first kappa shape index (κ1) is 12.7. The molecule has 94 valence electrons. The topological polar surface area (TPSA) is 60.2 Å². The molecule has 0 aliphatic carbocycles. The van der Waals surface area contributed by atoms with Crippen LogP contribution >= 0.6 is 0 Å². The van der Waals surface area contributed by atoms with Crippen molar-refractivity contribution in [2.75, 3.05) is 0 Å². The summed E-state index contributed by atoms with van der Waals surface area (Å²) in [6, 6.07) is 8.42. The van der Waals surface area contributed by atoms with Crippen molar-refractivity contribution in [3.8, 4) is 11.1 Å². The summed E-state index contributed by atoms with van der Waals surface area (Å²) in [5.41, 5.74) is -0.100. The molecular formula is C12H9F2NO2S. The van der Waals surface area contributed by atoms with E-state index in [0.29, 0.717) is 0 Å². The van der Waals surface area contributed by atoms with Crippen molar-refractivity contribution in [1.82, 2.24) is 0 Å². The van der Waals surface area contributed by atoms with Crippen molar-refractivity contribution in [3.63, 3.8) is 0 Å². The van der Waals surface area contributed by atoms with Crippen molar-refractivity contribution in [2.45, 2.75) is 4.90 Å². The summed E-state index contributed by atoms with van der Waals surface area (Å²) in [7, 11) is -4.05. The first-order valence-electron chi connectivity index (χ1n) is 4.97. The molecule has 0 heterocycles. The van der Waals surface area contributed by atoms with E-state index in [1.807, 2.05) is 0 Å². The lowest BCUT2D eigenvalue weighted by atomic mass is 10.1. The maximum atomic E-state index is 13.6. The molecule has 0 saturated carbocycles. The number of benzene rings is 2. The maximum absolute atomic E-state index is 13.6. The second-order valence-electron chi connectivity index (χ2n) is 3.67. The molecule has 2 rings (SSSR count). The summed E-state index contributed by atoms with van der Waals surface area (Å²) >= 11 is 0. The molecule has 0 atom stereocenters. The molecule has 0 unspecified atom stereocenters. The molecule has 0 spiro atoms. The van der Waals surface area contributed by atoms with E-state index < -0.39 is 21.7 Å². The number of nitrogens with two attached hydrogens (primary N) is 1.